The molecule has 110 valence electrons. The van der Waals surface area contributed by atoms with Crippen molar-refractivity contribution in [1.29, 1.82) is 0 Å². The van der Waals surface area contributed by atoms with E-state index in [1.807, 2.05) is 0 Å². The first-order valence-corrected chi connectivity index (χ1v) is 7.70. The normalized spacial score (nSPS) is 22.6. The van der Waals surface area contributed by atoms with E-state index in [9.17, 15) is 13.8 Å². The Hall–Kier alpha value is -1.15. The quantitative estimate of drug-likeness (QED) is 0.721. The van der Waals surface area contributed by atoms with Gasteiger partial charge in [0.2, 0.25) is 0 Å². The van der Waals surface area contributed by atoms with Crippen LogP contribution in [0.5, 0.6) is 0 Å². The Kier molecular flexibility index (Phi) is 6.23. The van der Waals surface area contributed by atoms with Gasteiger partial charge in [0.25, 0.3) is 0 Å². The SMILES string of the molecule is CC(CNC(=O)N1CCOCC1CC(=O)O)S(C)=O. The van der Waals surface area contributed by atoms with E-state index in [0.29, 0.717) is 19.7 Å². The Morgan fingerprint density at radius 2 is 2.26 bits per heavy atom. The molecule has 0 radical (unpaired) electrons. The lowest BCUT2D eigenvalue weighted by molar-refractivity contribution is -0.139. The Balaban J connectivity index is 2.52. The van der Waals surface area contributed by atoms with Crippen LogP contribution in [-0.4, -0.2) is 70.1 Å². The topological polar surface area (TPSA) is 95.9 Å². The summed E-state index contributed by atoms with van der Waals surface area (Å²) in [7, 11) is -1.00. The molecule has 1 rings (SSSR count). The molecule has 0 spiro atoms. The molecule has 1 fully saturated rings. The van der Waals surface area contributed by atoms with Gasteiger partial charge in [-0.1, -0.05) is 0 Å². The molecule has 0 saturated carbocycles. The number of morpholine rings is 1. The van der Waals surface area contributed by atoms with Crippen LogP contribution in [0.25, 0.3) is 0 Å². The summed E-state index contributed by atoms with van der Waals surface area (Å²) in [5, 5.41) is 11.3. The minimum atomic E-state index is -1.00. The third kappa shape index (κ3) is 5.15. The molecule has 8 heteroatoms. The lowest BCUT2D eigenvalue weighted by Crippen LogP contribution is -2.54. The Morgan fingerprint density at radius 1 is 1.58 bits per heavy atom. The number of carboxylic acids is 1. The van der Waals surface area contributed by atoms with Crippen molar-refractivity contribution in [1.82, 2.24) is 10.2 Å². The number of amides is 2. The summed E-state index contributed by atoms with van der Waals surface area (Å²) in [6.07, 6.45) is 1.45. The number of aliphatic carboxylic acids is 1. The largest absolute Gasteiger partial charge is 0.481 e. The molecule has 0 aliphatic carbocycles. The molecule has 2 N–H and O–H groups in total. The molecule has 1 aliphatic rings. The second kappa shape index (κ2) is 7.44. The van der Waals surface area contributed by atoms with Gasteiger partial charge in [-0.25, -0.2) is 4.79 Å². The number of nitrogens with one attached hydrogen (secondary N) is 1. The summed E-state index contributed by atoms with van der Waals surface area (Å²) < 4.78 is 16.4. The van der Waals surface area contributed by atoms with E-state index in [-0.39, 0.29) is 24.3 Å². The monoisotopic (exact) mass is 292 g/mol. The molecule has 0 bridgehead atoms. The van der Waals surface area contributed by atoms with Gasteiger partial charge in [-0.2, -0.15) is 0 Å². The van der Waals surface area contributed by atoms with Crippen molar-refractivity contribution in [3.8, 4) is 0 Å². The van der Waals surface area contributed by atoms with Crippen molar-refractivity contribution in [3.05, 3.63) is 0 Å². The highest BCUT2D eigenvalue weighted by Gasteiger charge is 2.29. The molecule has 0 aromatic rings. The van der Waals surface area contributed by atoms with Crippen molar-refractivity contribution in [2.24, 2.45) is 0 Å². The highest BCUT2D eigenvalue weighted by Crippen LogP contribution is 2.11. The fourth-order valence-corrected chi connectivity index (χ4v) is 2.06. The molecule has 2 amide bonds. The van der Waals surface area contributed by atoms with E-state index < -0.39 is 22.8 Å². The zero-order valence-corrected chi connectivity index (χ0v) is 11.9. The number of carbonyl (C=O) groups is 2. The molecule has 0 aromatic carbocycles. The average Bonchev–Trinajstić information content (AvgIpc) is 2.35. The van der Waals surface area contributed by atoms with Crippen LogP contribution in [-0.2, 0) is 20.3 Å². The minimum absolute atomic E-state index is 0.136. The molecule has 3 atom stereocenters. The number of urea groups is 1. The molecule has 1 heterocycles. The first-order chi connectivity index (χ1) is 8.91. The van der Waals surface area contributed by atoms with Crippen LogP contribution < -0.4 is 5.32 Å². The van der Waals surface area contributed by atoms with E-state index >= 15 is 0 Å². The van der Waals surface area contributed by atoms with Crippen molar-refractivity contribution < 1.29 is 23.6 Å². The van der Waals surface area contributed by atoms with Crippen molar-refractivity contribution in [2.75, 3.05) is 32.6 Å². The Morgan fingerprint density at radius 3 is 2.84 bits per heavy atom. The molecule has 3 unspecified atom stereocenters. The first-order valence-electron chi connectivity index (χ1n) is 6.08. The molecular weight excluding hydrogens is 272 g/mol. The van der Waals surface area contributed by atoms with E-state index in [0.717, 1.165) is 0 Å². The van der Waals surface area contributed by atoms with Crippen LogP contribution in [0.4, 0.5) is 4.79 Å². The highest BCUT2D eigenvalue weighted by atomic mass is 32.2. The number of hydrogen-bond acceptors (Lipinski definition) is 4. The zero-order valence-electron chi connectivity index (χ0n) is 11.1. The maximum absolute atomic E-state index is 12.0. The van der Waals surface area contributed by atoms with Crippen molar-refractivity contribution >= 4 is 22.8 Å². The van der Waals surface area contributed by atoms with E-state index in [2.05, 4.69) is 5.32 Å². The number of rotatable bonds is 5. The summed E-state index contributed by atoms with van der Waals surface area (Å²) in [5.41, 5.74) is 0. The molecular formula is C11H20N2O5S. The van der Waals surface area contributed by atoms with E-state index in [4.69, 9.17) is 9.84 Å². The summed E-state index contributed by atoms with van der Waals surface area (Å²) in [5.74, 6) is -0.962. The van der Waals surface area contributed by atoms with Gasteiger partial charge < -0.3 is 20.1 Å². The van der Waals surface area contributed by atoms with Gasteiger partial charge in [-0.15, -0.1) is 0 Å². The second-order valence-corrected chi connectivity index (χ2v) is 6.32. The van der Waals surface area contributed by atoms with Gasteiger partial charge in [-0.3, -0.25) is 9.00 Å². The number of hydrogen-bond donors (Lipinski definition) is 2. The smallest absolute Gasteiger partial charge is 0.317 e. The van der Waals surface area contributed by atoms with E-state index in [1.54, 1.807) is 13.2 Å². The number of nitrogens with zero attached hydrogens (tertiary/aromatic N) is 1. The van der Waals surface area contributed by atoms with Crippen LogP contribution in [0.1, 0.15) is 13.3 Å². The summed E-state index contributed by atoms with van der Waals surface area (Å²) in [6.45, 7) is 3.09. The fourth-order valence-electron chi connectivity index (χ4n) is 1.74. The fraction of sp³-hybridized carbons (Fsp3) is 0.818. The van der Waals surface area contributed by atoms with Gasteiger partial charge >= 0.3 is 12.0 Å². The standard InChI is InChI=1S/C11H20N2O5S/c1-8(19(2)17)6-12-11(16)13-3-4-18-7-9(13)5-10(14)15/h8-9H,3-7H2,1-2H3,(H,12,16)(H,14,15). The molecule has 1 aliphatic heterocycles. The minimum Gasteiger partial charge on any atom is -0.481 e. The molecule has 19 heavy (non-hydrogen) atoms. The molecule has 7 nitrogen and oxygen atoms in total. The predicted molar refractivity (Wildman–Crippen MR) is 70.5 cm³/mol. The lowest BCUT2D eigenvalue weighted by Gasteiger charge is -2.34. The highest BCUT2D eigenvalue weighted by molar-refractivity contribution is 7.84. The van der Waals surface area contributed by atoms with Gasteiger partial charge in [-0.05, 0) is 6.92 Å². The van der Waals surface area contributed by atoms with Gasteiger partial charge in [0.1, 0.15) is 0 Å². The number of carbonyl (C=O) groups excluding carboxylic acids is 1. The van der Waals surface area contributed by atoms with Gasteiger partial charge in [0.05, 0.1) is 25.7 Å². The summed E-state index contributed by atoms with van der Waals surface area (Å²) in [4.78, 5) is 24.2. The first kappa shape index (κ1) is 15.9. The third-order valence-corrected chi connectivity index (χ3v) is 4.31. The summed E-state index contributed by atoms with van der Waals surface area (Å²) in [6, 6.07) is -0.777. The zero-order chi connectivity index (χ0) is 14.4. The average molecular weight is 292 g/mol. The van der Waals surface area contributed by atoms with Crippen LogP contribution in [0.15, 0.2) is 0 Å². The Labute approximate surface area is 114 Å². The van der Waals surface area contributed by atoms with Gasteiger partial charge in [0.15, 0.2) is 0 Å². The lowest BCUT2D eigenvalue weighted by atomic mass is 10.1. The predicted octanol–water partition coefficient (Wildman–Crippen LogP) is -0.361. The summed E-state index contributed by atoms with van der Waals surface area (Å²) >= 11 is 0. The van der Waals surface area contributed by atoms with Gasteiger partial charge in [0, 0.05) is 35.4 Å². The molecule has 0 aromatic heterocycles. The second-order valence-electron chi connectivity index (χ2n) is 4.52. The van der Waals surface area contributed by atoms with Crippen LogP contribution >= 0.6 is 0 Å². The van der Waals surface area contributed by atoms with Crippen LogP contribution in [0.3, 0.4) is 0 Å². The molecule has 1 saturated heterocycles. The number of carboxylic acid groups (broad SMARTS) is 1. The van der Waals surface area contributed by atoms with Crippen molar-refractivity contribution in [2.45, 2.75) is 24.6 Å². The number of ether oxygens (including phenoxy) is 1. The van der Waals surface area contributed by atoms with E-state index in [1.165, 1.54) is 4.90 Å². The Bertz CT molecular complexity index is 363. The maximum atomic E-state index is 12.0. The van der Waals surface area contributed by atoms with Crippen LogP contribution in [0, 0.1) is 0 Å². The maximum Gasteiger partial charge on any atom is 0.317 e. The third-order valence-electron chi connectivity index (χ3n) is 3.01. The van der Waals surface area contributed by atoms with Crippen molar-refractivity contribution in [3.63, 3.8) is 0 Å². The van der Waals surface area contributed by atoms with Crippen LogP contribution in [0.2, 0.25) is 0 Å².